The molecule has 0 N–H and O–H groups in total. The lowest BCUT2D eigenvalue weighted by Gasteiger charge is -2.02. The Balaban J connectivity index is 2.54. The zero-order valence-electron chi connectivity index (χ0n) is 10.4. The molecule has 0 spiro atoms. The summed E-state index contributed by atoms with van der Waals surface area (Å²) in [5.41, 5.74) is 0.357. The Labute approximate surface area is 131 Å². The van der Waals surface area contributed by atoms with Crippen LogP contribution in [0.2, 0.25) is 10.3 Å². The van der Waals surface area contributed by atoms with E-state index in [0.717, 1.165) is 0 Å². The third-order valence-electron chi connectivity index (χ3n) is 2.40. The van der Waals surface area contributed by atoms with Gasteiger partial charge in [-0.25, -0.2) is 18.4 Å². The van der Waals surface area contributed by atoms with Gasteiger partial charge in [0.2, 0.25) is 9.84 Å². The number of nitriles is 1. The fourth-order valence-electron chi connectivity index (χ4n) is 1.51. The van der Waals surface area contributed by atoms with Crippen LogP contribution in [0.4, 0.5) is 0 Å². The van der Waals surface area contributed by atoms with E-state index in [1.54, 1.807) is 12.1 Å². The SMILES string of the molecule is N#C/C(=C\c1cc(Cl)nc(Cl)c1)S(=O)(=O)c1ccccn1. The molecule has 0 unspecified atom stereocenters. The van der Waals surface area contributed by atoms with Crippen LogP contribution in [-0.2, 0) is 9.84 Å². The molecule has 0 radical (unpaired) electrons. The molecule has 2 aromatic heterocycles. The van der Waals surface area contributed by atoms with Crippen LogP contribution in [0.3, 0.4) is 0 Å². The predicted molar refractivity (Wildman–Crippen MR) is 79.3 cm³/mol. The van der Waals surface area contributed by atoms with Crippen LogP contribution in [0.1, 0.15) is 5.56 Å². The van der Waals surface area contributed by atoms with Crippen molar-refractivity contribution in [1.29, 1.82) is 5.26 Å². The normalized spacial score (nSPS) is 12.0. The average molecular weight is 340 g/mol. The Kier molecular flexibility index (Phi) is 4.58. The average Bonchev–Trinajstić information content (AvgIpc) is 2.44. The molecule has 106 valence electrons. The fraction of sp³-hybridized carbons (Fsp3) is 0. The molecule has 21 heavy (non-hydrogen) atoms. The number of pyridine rings is 2. The van der Waals surface area contributed by atoms with E-state index in [1.165, 1.54) is 36.5 Å². The highest BCUT2D eigenvalue weighted by Crippen LogP contribution is 2.22. The summed E-state index contributed by atoms with van der Waals surface area (Å²) in [5.74, 6) is 0. The fourth-order valence-corrected chi connectivity index (χ4v) is 3.08. The first-order chi connectivity index (χ1) is 9.93. The van der Waals surface area contributed by atoms with Crippen molar-refractivity contribution in [2.75, 3.05) is 0 Å². The van der Waals surface area contributed by atoms with E-state index in [2.05, 4.69) is 9.97 Å². The van der Waals surface area contributed by atoms with Crippen molar-refractivity contribution < 1.29 is 8.42 Å². The number of sulfone groups is 1. The molecule has 0 aromatic carbocycles. The lowest BCUT2D eigenvalue weighted by atomic mass is 10.2. The van der Waals surface area contributed by atoms with Crippen molar-refractivity contribution >= 4 is 39.1 Å². The monoisotopic (exact) mass is 339 g/mol. The highest BCUT2D eigenvalue weighted by Gasteiger charge is 2.22. The minimum Gasteiger partial charge on any atom is -0.244 e. The molecule has 5 nitrogen and oxygen atoms in total. The molecule has 0 aliphatic rings. The van der Waals surface area contributed by atoms with Crippen LogP contribution in [0.15, 0.2) is 46.5 Å². The van der Waals surface area contributed by atoms with Gasteiger partial charge in [-0.2, -0.15) is 5.26 Å². The van der Waals surface area contributed by atoms with Gasteiger partial charge in [0.25, 0.3) is 0 Å². The van der Waals surface area contributed by atoms with Crippen molar-refractivity contribution in [3.05, 3.63) is 57.3 Å². The number of rotatable bonds is 3. The van der Waals surface area contributed by atoms with Crippen LogP contribution >= 0.6 is 23.2 Å². The maximum Gasteiger partial charge on any atom is 0.233 e. The van der Waals surface area contributed by atoms with Gasteiger partial charge in [-0.3, -0.25) is 0 Å². The number of allylic oxidation sites excluding steroid dienone is 1. The van der Waals surface area contributed by atoms with Gasteiger partial charge in [0, 0.05) is 6.20 Å². The first-order valence-corrected chi connectivity index (χ1v) is 7.78. The second-order valence-corrected chi connectivity index (χ2v) is 6.48. The van der Waals surface area contributed by atoms with Gasteiger partial charge in [0.15, 0.2) is 9.93 Å². The molecule has 0 saturated heterocycles. The van der Waals surface area contributed by atoms with Crippen molar-refractivity contribution in [1.82, 2.24) is 9.97 Å². The summed E-state index contributed by atoms with van der Waals surface area (Å²) in [6.45, 7) is 0. The summed E-state index contributed by atoms with van der Waals surface area (Å²) < 4.78 is 24.6. The number of halogens is 2. The molecule has 0 fully saturated rings. The number of hydrogen-bond acceptors (Lipinski definition) is 5. The van der Waals surface area contributed by atoms with Crippen molar-refractivity contribution in [3.63, 3.8) is 0 Å². The summed E-state index contributed by atoms with van der Waals surface area (Å²) in [5, 5.41) is 9.11. The van der Waals surface area contributed by atoms with E-state index >= 15 is 0 Å². The van der Waals surface area contributed by atoms with E-state index in [0.29, 0.717) is 5.56 Å². The van der Waals surface area contributed by atoms with Crippen molar-refractivity contribution in [2.24, 2.45) is 0 Å². The Morgan fingerprint density at radius 2 is 1.90 bits per heavy atom. The highest BCUT2D eigenvalue weighted by atomic mass is 35.5. The van der Waals surface area contributed by atoms with Gasteiger partial charge in [-0.05, 0) is 35.9 Å². The number of aromatic nitrogens is 2. The molecule has 0 amide bonds. The molecule has 0 bridgehead atoms. The molecular formula is C13H7Cl2N3O2S. The van der Waals surface area contributed by atoms with Gasteiger partial charge >= 0.3 is 0 Å². The van der Waals surface area contributed by atoms with E-state index in [1.807, 2.05) is 0 Å². The molecule has 0 aliphatic heterocycles. The van der Waals surface area contributed by atoms with Gasteiger partial charge in [0.05, 0.1) is 0 Å². The summed E-state index contributed by atoms with van der Waals surface area (Å²) in [6.07, 6.45) is 2.51. The molecule has 2 heterocycles. The lowest BCUT2D eigenvalue weighted by Crippen LogP contribution is -2.05. The minimum absolute atomic E-state index is 0.0984. The second-order valence-electron chi connectivity index (χ2n) is 3.84. The van der Waals surface area contributed by atoms with Gasteiger partial charge < -0.3 is 0 Å². The van der Waals surface area contributed by atoms with Gasteiger partial charge in [-0.15, -0.1) is 0 Å². The largest absolute Gasteiger partial charge is 0.244 e. The molecule has 0 aliphatic carbocycles. The summed E-state index contributed by atoms with van der Waals surface area (Å²) >= 11 is 11.5. The quantitative estimate of drug-likeness (QED) is 0.633. The maximum absolute atomic E-state index is 12.3. The van der Waals surface area contributed by atoms with Gasteiger partial charge in [-0.1, -0.05) is 29.3 Å². The van der Waals surface area contributed by atoms with Crippen molar-refractivity contribution in [3.8, 4) is 6.07 Å². The lowest BCUT2D eigenvalue weighted by molar-refractivity contribution is 0.600. The number of nitrogens with zero attached hydrogens (tertiary/aromatic N) is 3. The van der Waals surface area contributed by atoms with E-state index in [9.17, 15) is 8.42 Å². The topological polar surface area (TPSA) is 83.7 Å². The Morgan fingerprint density at radius 1 is 1.24 bits per heavy atom. The maximum atomic E-state index is 12.3. The van der Waals surface area contributed by atoms with Crippen LogP contribution in [-0.4, -0.2) is 18.4 Å². The predicted octanol–water partition coefficient (Wildman–Crippen LogP) is 3.12. The van der Waals surface area contributed by atoms with Crippen LogP contribution in [0.5, 0.6) is 0 Å². The Hall–Kier alpha value is -1.94. The van der Waals surface area contributed by atoms with Crippen LogP contribution in [0, 0.1) is 11.3 Å². The number of hydrogen-bond donors (Lipinski definition) is 0. The van der Waals surface area contributed by atoms with E-state index in [-0.39, 0.29) is 15.3 Å². The zero-order chi connectivity index (χ0) is 15.5. The summed E-state index contributed by atoms with van der Waals surface area (Å²) in [4.78, 5) is 7.04. The molecule has 8 heteroatoms. The smallest absolute Gasteiger partial charge is 0.233 e. The standard InChI is InChI=1S/C13H7Cl2N3O2S/c14-11-6-9(7-12(15)18-11)5-10(8-16)21(19,20)13-3-1-2-4-17-13/h1-7H/b10-5+. The molecule has 2 rings (SSSR count). The molecule has 2 aromatic rings. The third kappa shape index (κ3) is 3.58. The molecule has 0 atom stereocenters. The van der Waals surface area contributed by atoms with E-state index < -0.39 is 14.7 Å². The Bertz CT molecular complexity index is 823. The van der Waals surface area contributed by atoms with E-state index in [4.69, 9.17) is 28.5 Å². The first-order valence-electron chi connectivity index (χ1n) is 5.54. The third-order valence-corrected chi connectivity index (χ3v) is 4.36. The first kappa shape index (κ1) is 15.4. The second kappa shape index (κ2) is 6.22. The highest BCUT2D eigenvalue weighted by molar-refractivity contribution is 7.95. The summed E-state index contributed by atoms with van der Waals surface area (Å²) in [7, 11) is -3.99. The van der Waals surface area contributed by atoms with Crippen molar-refractivity contribution in [2.45, 2.75) is 5.03 Å². The minimum atomic E-state index is -3.99. The molecular weight excluding hydrogens is 333 g/mol. The zero-order valence-corrected chi connectivity index (χ0v) is 12.7. The van der Waals surface area contributed by atoms with Gasteiger partial charge in [0.1, 0.15) is 16.4 Å². The Morgan fingerprint density at radius 3 is 2.43 bits per heavy atom. The summed E-state index contributed by atoms with van der Waals surface area (Å²) in [6, 6.07) is 8.87. The van der Waals surface area contributed by atoms with Crippen LogP contribution in [0.25, 0.3) is 6.08 Å². The van der Waals surface area contributed by atoms with Crippen LogP contribution < -0.4 is 0 Å². The molecule has 0 saturated carbocycles.